The van der Waals surface area contributed by atoms with E-state index in [1.54, 1.807) is 0 Å². The van der Waals surface area contributed by atoms with Crippen LogP contribution in [-0.2, 0) is 0 Å². The smallest absolute Gasteiger partial charge is 0.0267 e. The standard InChI is InChI=1S/C10H21N3/c1-10(11)5-9-8(6-12-7-10)3-2-4-13-9/h8-9,12-13H,2-7,11H2,1H3. The molecule has 0 radical (unpaired) electrons. The van der Waals surface area contributed by atoms with Crippen LogP contribution in [0.5, 0.6) is 0 Å². The maximum Gasteiger partial charge on any atom is 0.0267 e. The van der Waals surface area contributed by atoms with Gasteiger partial charge in [-0.2, -0.15) is 0 Å². The fourth-order valence-electron chi connectivity index (χ4n) is 2.62. The first-order valence-corrected chi connectivity index (χ1v) is 5.40. The van der Waals surface area contributed by atoms with E-state index in [-0.39, 0.29) is 5.54 Å². The molecule has 2 aliphatic heterocycles. The van der Waals surface area contributed by atoms with Crippen molar-refractivity contribution in [3.05, 3.63) is 0 Å². The third kappa shape index (κ3) is 2.22. The fourth-order valence-corrected chi connectivity index (χ4v) is 2.62. The zero-order chi connectivity index (χ0) is 9.31. The lowest BCUT2D eigenvalue weighted by Crippen LogP contribution is -2.49. The Morgan fingerprint density at radius 2 is 2.31 bits per heavy atom. The summed E-state index contributed by atoms with van der Waals surface area (Å²) >= 11 is 0. The van der Waals surface area contributed by atoms with Crippen molar-refractivity contribution in [2.75, 3.05) is 19.6 Å². The molecule has 2 fully saturated rings. The van der Waals surface area contributed by atoms with Gasteiger partial charge in [-0.25, -0.2) is 0 Å². The molecule has 2 heterocycles. The molecule has 2 rings (SSSR count). The summed E-state index contributed by atoms with van der Waals surface area (Å²) in [5.41, 5.74) is 6.16. The number of hydrogen-bond donors (Lipinski definition) is 3. The number of piperidine rings is 1. The topological polar surface area (TPSA) is 50.1 Å². The first kappa shape index (κ1) is 9.44. The minimum Gasteiger partial charge on any atom is -0.324 e. The Balaban J connectivity index is 2.03. The van der Waals surface area contributed by atoms with Crippen LogP contribution in [0, 0.1) is 5.92 Å². The second-order valence-corrected chi connectivity index (χ2v) is 4.95. The quantitative estimate of drug-likeness (QED) is 0.498. The van der Waals surface area contributed by atoms with Crippen molar-refractivity contribution in [1.29, 1.82) is 0 Å². The predicted molar refractivity (Wildman–Crippen MR) is 54.6 cm³/mol. The highest BCUT2D eigenvalue weighted by Crippen LogP contribution is 2.24. The third-order valence-electron chi connectivity index (χ3n) is 3.35. The van der Waals surface area contributed by atoms with Gasteiger partial charge in [0.25, 0.3) is 0 Å². The summed E-state index contributed by atoms with van der Waals surface area (Å²) in [6.45, 7) is 5.43. The van der Waals surface area contributed by atoms with E-state index in [9.17, 15) is 0 Å². The molecule has 4 N–H and O–H groups in total. The SMILES string of the molecule is CC1(N)CNCC2CCCNC2C1. The Kier molecular flexibility index (Phi) is 2.58. The molecule has 3 unspecified atom stereocenters. The van der Waals surface area contributed by atoms with Gasteiger partial charge < -0.3 is 16.4 Å². The molecule has 0 bridgehead atoms. The summed E-state index contributed by atoms with van der Waals surface area (Å²) < 4.78 is 0. The zero-order valence-electron chi connectivity index (χ0n) is 8.47. The number of nitrogens with two attached hydrogens (primary N) is 1. The highest BCUT2D eigenvalue weighted by Gasteiger charge is 2.33. The lowest BCUT2D eigenvalue weighted by Gasteiger charge is -2.33. The van der Waals surface area contributed by atoms with Gasteiger partial charge >= 0.3 is 0 Å². The Hall–Kier alpha value is -0.120. The molecular formula is C10H21N3. The minimum atomic E-state index is -0.0241. The summed E-state index contributed by atoms with van der Waals surface area (Å²) in [6.07, 6.45) is 3.80. The summed E-state index contributed by atoms with van der Waals surface area (Å²) in [6, 6.07) is 0.652. The van der Waals surface area contributed by atoms with Crippen LogP contribution in [0.2, 0.25) is 0 Å². The summed E-state index contributed by atoms with van der Waals surface area (Å²) in [4.78, 5) is 0. The van der Waals surface area contributed by atoms with Crippen molar-refractivity contribution < 1.29 is 0 Å². The minimum absolute atomic E-state index is 0.0241. The summed E-state index contributed by atoms with van der Waals surface area (Å²) in [5, 5.41) is 7.07. The van der Waals surface area contributed by atoms with Crippen molar-refractivity contribution in [3.8, 4) is 0 Å². The van der Waals surface area contributed by atoms with Crippen LogP contribution in [0.15, 0.2) is 0 Å². The molecule has 3 heteroatoms. The van der Waals surface area contributed by atoms with E-state index in [2.05, 4.69) is 17.6 Å². The number of hydrogen-bond acceptors (Lipinski definition) is 3. The fraction of sp³-hybridized carbons (Fsp3) is 1.00. The van der Waals surface area contributed by atoms with Gasteiger partial charge in [-0.3, -0.25) is 0 Å². The van der Waals surface area contributed by atoms with Gasteiger partial charge in [0.2, 0.25) is 0 Å². The van der Waals surface area contributed by atoms with Gasteiger partial charge in [0.1, 0.15) is 0 Å². The first-order chi connectivity index (χ1) is 6.17. The maximum atomic E-state index is 6.18. The van der Waals surface area contributed by atoms with Crippen LogP contribution in [0.4, 0.5) is 0 Å². The normalized spacial score (nSPS) is 46.6. The second kappa shape index (κ2) is 3.56. The molecular weight excluding hydrogens is 162 g/mol. The van der Waals surface area contributed by atoms with Gasteiger partial charge in [-0.05, 0) is 45.2 Å². The van der Waals surface area contributed by atoms with Gasteiger partial charge in [0, 0.05) is 18.1 Å². The lowest BCUT2D eigenvalue weighted by atomic mass is 9.84. The van der Waals surface area contributed by atoms with Gasteiger partial charge in [-0.1, -0.05) is 0 Å². The zero-order valence-corrected chi connectivity index (χ0v) is 8.47. The summed E-state index contributed by atoms with van der Waals surface area (Å²) in [7, 11) is 0. The lowest BCUT2D eigenvalue weighted by molar-refractivity contribution is 0.258. The van der Waals surface area contributed by atoms with Crippen LogP contribution in [0.25, 0.3) is 0 Å². The Labute approximate surface area is 80.5 Å². The Bertz CT molecular complexity index is 179. The molecule has 0 amide bonds. The van der Waals surface area contributed by atoms with Crippen molar-refractivity contribution >= 4 is 0 Å². The molecule has 0 saturated carbocycles. The maximum absolute atomic E-state index is 6.18. The molecule has 0 aliphatic carbocycles. The predicted octanol–water partition coefficient (Wildman–Crippen LogP) is 0.0653. The van der Waals surface area contributed by atoms with E-state index in [0.29, 0.717) is 6.04 Å². The van der Waals surface area contributed by atoms with Gasteiger partial charge in [0.05, 0.1) is 0 Å². The Morgan fingerprint density at radius 3 is 3.15 bits per heavy atom. The molecule has 2 aliphatic rings. The molecule has 3 atom stereocenters. The molecule has 0 aromatic rings. The largest absolute Gasteiger partial charge is 0.324 e. The van der Waals surface area contributed by atoms with E-state index in [4.69, 9.17) is 5.73 Å². The van der Waals surface area contributed by atoms with Gasteiger partial charge in [-0.15, -0.1) is 0 Å². The van der Waals surface area contributed by atoms with E-state index in [1.165, 1.54) is 19.4 Å². The average molecular weight is 183 g/mol. The van der Waals surface area contributed by atoms with E-state index >= 15 is 0 Å². The van der Waals surface area contributed by atoms with Crippen molar-refractivity contribution in [3.63, 3.8) is 0 Å². The molecule has 3 nitrogen and oxygen atoms in total. The third-order valence-corrected chi connectivity index (χ3v) is 3.35. The van der Waals surface area contributed by atoms with Crippen molar-refractivity contribution in [1.82, 2.24) is 10.6 Å². The number of fused-ring (bicyclic) bond motifs is 1. The molecule has 13 heavy (non-hydrogen) atoms. The Morgan fingerprint density at radius 1 is 1.46 bits per heavy atom. The highest BCUT2D eigenvalue weighted by molar-refractivity contribution is 4.95. The molecule has 2 saturated heterocycles. The van der Waals surface area contributed by atoms with Crippen LogP contribution in [0.3, 0.4) is 0 Å². The van der Waals surface area contributed by atoms with Crippen LogP contribution in [-0.4, -0.2) is 31.2 Å². The molecule has 76 valence electrons. The number of rotatable bonds is 0. The van der Waals surface area contributed by atoms with Crippen molar-refractivity contribution in [2.45, 2.75) is 37.8 Å². The van der Waals surface area contributed by atoms with E-state index < -0.39 is 0 Å². The van der Waals surface area contributed by atoms with Crippen LogP contribution in [0.1, 0.15) is 26.2 Å². The molecule has 0 spiro atoms. The van der Waals surface area contributed by atoms with Gasteiger partial charge in [0.15, 0.2) is 0 Å². The molecule has 0 aromatic carbocycles. The van der Waals surface area contributed by atoms with E-state index in [1.807, 2.05) is 0 Å². The van der Waals surface area contributed by atoms with Crippen LogP contribution < -0.4 is 16.4 Å². The highest BCUT2D eigenvalue weighted by atomic mass is 15.0. The van der Waals surface area contributed by atoms with E-state index in [0.717, 1.165) is 25.4 Å². The number of nitrogens with one attached hydrogen (secondary N) is 2. The first-order valence-electron chi connectivity index (χ1n) is 5.40. The summed E-state index contributed by atoms with van der Waals surface area (Å²) in [5.74, 6) is 0.805. The average Bonchev–Trinajstić information content (AvgIpc) is 2.21. The monoisotopic (exact) mass is 183 g/mol. The van der Waals surface area contributed by atoms with Crippen LogP contribution >= 0.6 is 0 Å². The van der Waals surface area contributed by atoms with Crippen molar-refractivity contribution in [2.24, 2.45) is 11.7 Å². The molecule has 0 aromatic heterocycles. The second-order valence-electron chi connectivity index (χ2n) is 4.95.